The van der Waals surface area contributed by atoms with Crippen LogP contribution < -0.4 is 10.2 Å². The van der Waals surface area contributed by atoms with Crippen LogP contribution in [-0.4, -0.2) is 23.8 Å². The molecule has 1 aromatic heterocycles. The predicted octanol–water partition coefficient (Wildman–Crippen LogP) is 6.32. The molecule has 1 amide bonds. The Bertz CT molecular complexity index is 1370. The number of hydrazone groups is 1. The molecule has 0 fully saturated rings. The highest BCUT2D eigenvalue weighted by atomic mass is 16.5. The van der Waals surface area contributed by atoms with E-state index >= 15 is 0 Å². The van der Waals surface area contributed by atoms with Crippen LogP contribution in [0.3, 0.4) is 0 Å². The molecule has 0 radical (unpaired) electrons. The van der Waals surface area contributed by atoms with Crippen LogP contribution in [0.15, 0.2) is 71.8 Å². The topological polar surface area (TPSA) is 55.6 Å². The van der Waals surface area contributed by atoms with Gasteiger partial charge in [0, 0.05) is 22.6 Å². The molecule has 0 aliphatic carbocycles. The summed E-state index contributed by atoms with van der Waals surface area (Å²) in [6.07, 6.45) is 1.69. The van der Waals surface area contributed by atoms with Gasteiger partial charge in [-0.3, -0.25) is 4.79 Å². The van der Waals surface area contributed by atoms with Gasteiger partial charge in [-0.05, 0) is 65.9 Å². The van der Waals surface area contributed by atoms with E-state index in [0.717, 1.165) is 33.4 Å². The molecule has 5 nitrogen and oxygen atoms in total. The Kier molecular flexibility index (Phi) is 6.29. The molecule has 0 saturated heterocycles. The second-order valence-electron chi connectivity index (χ2n) is 9.56. The van der Waals surface area contributed by atoms with Gasteiger partial charge in [-0.25, -0.2) is 5.43 Å². The van der Waals surface area contributed by atoms with E-state index in [0.29, 0.717) is 11.3 Å². The Morgan fingerprint density at radius 2 is 1.62 bits per heavy atom. The fourth-order valence-corrected chi connectivity index (χ4v) is 4.21. The minimum absolute atomic E-state index is 0.114. The van der Waals surface area contributed by atoms with Crippen LogP contribution in [-0.2, 0) is 5.41 Å². The summed E-state index contributed by atoms with van der Waals surface area (Å²) in [4.78, 5) is 12.8. The maximum absolute atomic E-state index is 12.8. The van der Waals surface area contributed by atoms with Gasteiger partial charge in [0.15, 0.2) is 0 Å². The second-order valence-corrected chi connectivity index (χ2v) is 9.56. The van der Waals surface area contributed by atoms with Gasteiger partial charge in [0.25, 0.3) is 5.91 Å². The first-order valence-corrected chi connectivity index (χ1v) is 11.4. The number of nitrogens with zero attached hydrogens (tertiary/aromatic N) is 2. The number of carbonyl (C=O) groups excluding carboxylic acids is 1. The number of benzene rings is 3. The van der Waals surface area contributed by atoms with Gasteiger partial charge >= 0.3 is 0 Å². The Morgan fingerprint density at radius 1 is 0.971 bits per heavy atom. The minimum Gasteiger partial charge on any atom is -0.496 e. The number of methoxy groups -OCH3 is 1. The highest BCUT2D eigenvalue weighted by molar-refractivity contribution is 6.02. The van der Waals surface area contributed by atoms with E-state index in [1.54, 1.807) is 13.3 Å². The summed E-state index contributed by atoms with van der Waals surface area (Å²) in [5.74, 6) is 0.203. The Labute approximate surface area is 201 Å². The van der Waals surface area contributed by atoms with E-state index in [9.17, 15) is 4.79 Å². The van der Waals surface area contributed by atoms with Gasteiger partial charge in [0.1, 0.15) is 5.75 Å². The van der Waals surface area contributed by atoms with Crippen molar-refractivity contribution in [2.75, 3.05) is 7.11 Å². The van der Waals surface area contributed by atoms with Crippen molar-refractivity contribution in [3.05, 3.63) is 94.8 Å². The van der Waals surface area contributed by atoms with Crippen LogP contribution in [0.25, 0.3) is 16.5 Å². The van der Waals surface area contributed by atoms with E-state index in [4.69, 9.17) is 4.74 Å². The maximum atomic E-state index is 12.8. The molecule has 5 heteroatoms. The number of fused-ring (bicyclic) bond motifs is 1. The first kappa shape index (κ1) is 23.3. The van der Waals surface area contributed by atoms with Crippen LogP contribution in [0, 0.1) is 13.8 Å². The normalized spacial score (nSPS) is 11.8. The third-order valence-electron chi connectivity index (χ3n) is 6.14. The molecule has 4 aromatic rings. The number of carbonyl (C=O) groups is 1. The largest absolute Gasteiger partial charge is 0.496 e. The van der Waals surface area contributed by atoms with Crippen molar-refractivity contribution in [3.63, 3.8) is 0 Å². The first-order chi connectivity index (χ1) is 16.2. The van der Waals surface area contributed by atoms with Gasteiger partial charge in [0.05, 0.1) is 18.9 Å². The molecule has 174 valence electrons. The summed E-state index contributed by atoms with van der Waals surface area (Å²) in [7, 11) is 1.56. The summed E-state index contributed by atoms with van der Waals surface area (Å²) >= 11 is 0. The standard InChI is InChI=1S/C29H31N3O2/c1-19-15-23(20(2)32(19)25-13-11-24(12-14-25)29(3,4)5)18-30-31-28(33)26-16-21-9-7-8-10-22(21)17-27(26)34-6/h7-18H,1-6H3,(H,31,33). The number of hydrogen-bond donors (Lipinski definition) is 1. The maximum Gasteiger partial charge on any atom is 0.275 e. The summed E-state index contributed by atoms with van der Waals surface area (Å²) in [5.41, 5.74) is 8.72. The molecule has 0 atom stereocenters. The van der Waals surface area contributed by atoms with Crippen molar-refractivity contribution >= 4 is 22.9 Å². The average Bonchev–Trinajstić information content (AvgIpc) is 3.10. The van der Waals surface area contributed by atoms with Crippen molar-refractivity contribution in [2.45, 2.75) is 40.0 Å². The SMILES string of the molecule is COc1cc2ccccc2cc1C(=O)NN=Cc1cc(C)n(-c2ccc(C(C)(C)C)cc2)c1C. The molecule has 1 heterocycles. The lowest BCUT2D eigenvalue weighted by atomic mass is 9.87. The number of aryl methyl sites for hydroxylation is 1. The fourth-order valence-electron chi connectivity index (χ4n) is 4.21. The van der Waals surface area contributed by atoms with Crippen LogP contribution in [0.4, 0.5) is 0 Å². The van der Waals surface area contributed by atoms with E-state index < -0.39 is 0 Å². The number of ether oxygens (including phenoxy) is 1. The Balaban J connectivity index is 1.55. The molecule has 0 aliphatic rings. The molecular weight excluding hydrogens is 422 g/mol. The minimum atomic E-state index is -0.314. The molecule has 1 N–H and O–H groups in total. The molecule has 0 bridgehead atoms. The van der Waals surface area contributed by atoms with Gasteiger partial charge in [-0.1, -0.05) is 57.2 Å². The predicted molar refractivity (Wildman–Crippen MR) is 140 cm³/mol. The van der Waals surface area contributed by atoms with Crippen LogP contribution in [0.1, 0.15) is 53.6 Å². The lowest BCUT2D eigenvalue weighted by molar-refractivity contribution is 0.0952. The molecule has 0 unspecified atom stereocenters. The van der Waals surface area contributed by atoms with Crippen LogP contribution >= 0.6 is 0 Å². The van der Waals surface area contributed by atoms with E-state index in [1.807, 2.05) is 36.4 Å². The molecule has 0 aliphatic heterocycles. The van der Waals surface area contributed by atoms with E-state index in [2.05, 4.69) is 80.0 Å². The van der Waals surface area contributed by atoms with Crippen molar-refractivity contribution in [2.24, 2.45) is 5.10 Å². The van der Waals surface area contributed by atoms with Crippen molar-refractivity contribution in [1.29, 1.82) is 0 Å². The van der Waals surface area contributed by atoms with Gasteiger partial charge in [0.2, 0.25) is 0 Å². The van der Waals surface area contributed by atoms with Crippen LogP contribution in [0.2, 0.25) is 0 Å². The third-order valence-corrected chi connectivity index (χ3v) is 6.14. The summed E-state index contributed by atoms with van der Waals surface area (Å²) in [6.45, 7) is 10.8. The number of rotatable bonds is 5. The smallest absolute Gasteiger partial charge is 0.275 e. The molecule has 3 aromatic carbocycles. The highest BCUT2D eigenvalue weighted by Gasteiger charge is 2.16. The van der Waals surface area contributed by atoms with Crippen molar-refractivity contribution < 1.29 is 9.53 Å². The van der Waals surface area contributed by atoms with Crippen LogP contribution in [0.5, 0.6) is 5.75 Å². The van der Waals surface area contributed by atoms with Gasteiger partial charge in [-0.2, -0.15) is 5.10 Å². The third kappa shape index (κ3) is 4.60. The highest BCUT2D eigenvalue weighted by Crippen LogP contribution is 2.27. The monoisotopic (exact) mass is 453 g/mol. The zero-order chi connectivity index (χ0) is 24.5. The van der Waals surface area contributed by atoms with Crippen molar-refractivity contribution in [3.8, 4) is 11.4 Å². The number of aromatic nitrogens is 1. The van der Waals surface area contributed by atoms with E-state index in [1.165, 1.54) is 5.56 Å². The lowest BCUT2D eigenvalue weighted by Gasteiger charge is -2.20. The Hall–Kier alpha value is -3.86. The number of nitrogens with one attached hydrogen (secondary N) is 1. The average molecular weight is 454 g/mol. The van der Waals surface area contributed by atoms with Crippen molar-refractivity contribution in [1.82, 2.24) is 9.99 Å². The number of hydrogen-bond acceptors (Lipinski definition) is 3. The molecular formula is C29H31N3O2. The zero-order valence-corrected chi connectivity index (χ0v) is 20.6. The lowest BCUT2D eigenvalue weighted by Crippen LogP contribution is -2.18. The Morgan fingerprint density at radius 3 is 2.24 bits per heavy atom. The fraction of sp³-hybridized carbons (Fsp3) is 0.241. The van der Waals surface area contributed by atoms with Gasteiger partial charge in [-0.15, -0.1) is 0 Å². The summed E-state index contributed by atoms with van der Waals surface area (Å²) in [5, 5.41) is 6.22. The molecule has 0 spiro atoms. The second kappa shape index (κ2) is 9.18. The molecule has 4 rings (SSSR count). The van der Waals surface area contributed by atoms with Gasteiger partial charge < -0.3 is 9.30 Å². The molecule has 34 heavy (non-hydrogen) atoms. The summed E-state index contributed by atoms with van der Waals surface area (Å²) < 4.78 is 7.64. The number of amides is 1. The first-order valence-electron chi connectivity index (χ1n) is 11.4. The summed E-state index contributed by atoms with van der Waals surface area (Å²) in [6, 6.07) is 22.3. The molecule has 0 saturated carbocycles. The quantitative estimate of drug-likeness (QED) is 0.284. The van der Waals surface area contributed by atoms with E-state index in [-0.39, 0.29) is 11.3 Å². The zero-order valence-electron chi connectivity index (χ0n) is 20.6.